The Morgan fingerprint density at radius 1 is 1.58 bits per heavy atom. The summed E-state index contributed by atoms with van der Waals surface area (Å²) in [4.78, 5) is 14.5. The van der Waals surface area contributed by atoms with Gasteiger partial charge in [-0.1, -0.05) is 20.8 Å². The van der Waals surface area contributed by atoms with Gasteiger partial charge >= 0.3 is 0 Å². The number of carbonyl (C=O) groups excluding carboxylic acids is 1. The lowest BCUT2D eigenvalue weighted by Gasteiger charge is -2.36. The first kappa shape index (κ1) is 16.4. The molecule has 112 valence electrons. The van der Waals surface area contributed by atoms with Gasteiger partial charge in [0.2, 0.25) is 0 Å². The fourth-order valence-corrected chi connectivity index (χ4v) is 2.61. The van der Waals surface area contributed by atoms with Gasteiger partial charge in [0.05, 0.1) is 6.61 Å². The van der Waals surface area contributed by atoms with Crippen LogP contribution in [0.3, 0.4) is 0 Å². The summed E-state index contributed by atoms with van der Waals surface area (Å²) in [5, 5.41) is 3.07. The second-order valence-corrected chi connectivity index (χ2v) is 6.10. The Labute approximate surface area is 116 Å². The van der Waals surface area contributed by atoms with Crippen molar-refractivity contribution >= 4 is 5.91 Å². The first-order valence-corrected chi connectivity index (χ1v) is 7.26. The zero-order valence-corrected chi connectivity index (χ0v) is 12.7. The molecule has 1 saturated heterocycles. The molecule has 5 heteroatoms. The molecule has 1 fully saturated rings. The van der Waals surface area contributed by atoms with Crippen LogP contribution < -0.4 is 11.1 Å². The van der Waals surface area contributed by atoms with E-state index in [-0.39, 0.29) is 17.6 Å². The Balaban J connectivity index is 2.56. The Bertz CT molecular complexity index is 296. The van der Waals surface area contributed by atoms with Crippen molar-refractivity contribution in [2.45, 2.75) is 45.8 Å². The highest BCUT2D eigenvalue weighted by Crippen LogP contribution is 2.16. The first-order chi connectivity index (χ1) is 8.90. The fraction of sp³-hybridized carbons (Fsp3) is 0.929. The minimum Gasteiger partial charge on any atom is -0.366 e. The average molecular weight is 271 g/mol. The zero-order valence-electron chi connectivity index (χ0n) is 12.7. The van der Waals surface area contributed by atoms with E-state index in [9.17, 15) is 4.79 Å². The minimum absolute atomic E-state index is 0.0354. The fourth-order valence-electron chi connectivity index (χ4n) is 2.61. The van der Waals surface area contributed by atoms with Gasteiger partial charge in [-0.05, 0) is 25.8 Å². The summed E-state index contributed by atoms with van der Waals surface area (Å²) >= 11 is 0. The van der Waals surface area contributed by atoms with E-state index in [1.807, 2.05) is 6.92 Å². The molecule has 1 aliphatic heterocycles. The van der Waals surface area contributed by atoms with Gasteiger partial charge in [0, 0.05) is 25.2 Å². The number of likely N-dealkylation sites (N-methyl/N-ethyl adjacent to an activating group) is 1. The van der Waals surface area contributed by atoms with Crippen molar-refractivity contribution in [1.82, 2.24) is 10.2 Å². The minimum atomic E-state index is -0.369. The van der Waals surface area contributed by atoms with Gasteiger partial charge in [-0.25, -0.2) is 0 Å². The molecule has 0 aromatic carbocycles. The lowest BCUT2D eigenvalue weighted by molar-refractivity contribution is -0.140. The van der Waals surface area contributed by atoms with E-state index in [0.717, 1.165) is 19.5 Å². The lowest BCUT2D eigenvalue weighted by Crippen LogP contribution is -2.58. The molecule has 0 aliphatic carbocycles. The predicted molar refractivity (Wildman–Crippen MR) is 76.9 cm³/mol. The van der Waals surface area contributed by atoms with Crippen LogP contribution in [0.25, 0.3) is 0 Å². The van der Waals surface area contributed by atoms with E-state index >= 15 is 0 Å². The maximum Gasteiger partial charge on any atom is 0.250 e. The summed E-state index contributed by atoms with van der Waals surface area (Å²) in [5.74, 6) is 0.458. The Hall–Kier alpha value is -0.650. The van der Waals surface area contributed by atoms with Crippen molar-refractivity contribution in [2.24, 2.45) is 11.7 Å². The molecule has 0 aromatic rings. The Morgan fingerprint density at radius 3 is 2.79 bits per heavy atom. The Morgan fingerprint density at radius 2 is 2.26 bits per heavy atom. The van der Waals surface area contributed by atoms with Gasteiger partial charge in [0.25, 0.3) is 5.91 Å². The monoisotopic (exact) mass is 271 g/mol. The molecule has 0 saturated carbocycles. The molecule has 0 radical (unpaired) electrons. The number of morpholine rings is 1. The van der Waals surface area contributed by atoms with Gasteiger partial charge in [0.1, 0.15) is 6.10 Å². The molecule has 0 bridgehead atoms. The maximum absolute atomic E-state index is 12.3. The highest BCUT2D eigenvalue weighted by atomic mass is 16.5. The molecular weight excluding hydrogens is 242 g/mol. The summed E-state index contributed by atoms with van der Waals surface area (Å²) < 4.78 is 5.57. The number of carbonyl (C=O) groups is 1. The third-order valence-electron chi connectivity index (χ3n) is 3.62. The normalized spacial score (nSPS) is 24.2. The molecule has 0 aromatic heterocycles. The SMILES string of the molecule is CCN1CCOC(C(=O)NC(C)(CN)CC(C)C)C1. The quantitative estimate of drug-likeness (QED) is 0.742. The van der Waals surface area contributed by atoms with Crippen molar-refractivity contribution in [3.63, 3.8) is 0 Å². The molecule has 19 heavy (non-hydrogen) atoms. The number of nitrogens with zero attached hydrogens (tertiary/aromatic N) is 1. The Kier molecular flexibility index (Phi) is 6.23. The predicted octanol–water partition coefficient (Wildman–Crippen LogP) is 0.587. The van der Waals surface area contributed by atoms with Crippen molar-refractivity contribution in [1.29, 1.82) is 0 Å². The van der Waals surface area contributed by atoms with Crippen molar-refractivity contribution in [3.05, 3.63) is 0 Å². The molecule has 1 aliphatic rings. The van der Waals surface area contributed by atoms with Crippen LogP contribution in [-0.2, 0) is 9.53 Å². The number of nitrogens with one attached hydrogen (secondary N) is 1. The summed E-state index contributed by atoms with van der Waals surface area (Å²) in [5.41, 5.74) is 5.48. The first-order valence-electron chi connectivity index (χ1n) is 7.26. The molecule has 2 atom stereocenters. The molecule has 2 unspecified atom stereocenters. The van der Waals surface area contributed by atoms with Crippen LogP contribution in [0.1, 0.15) is 34.1 Å². The van der Waals surface area contributed by atoms with E-state index in [1.165, 1.54) is 0 Å². The van der Waals surface area contributed by atoms with E-state index in [1.54, 1.807) is 0 Å². The molecule has 3 N–H and O–H groups in total. The van der Waals surface area contributed by atoms with Gasteiger partial charge in [-0.2, -0.15) is 0 Å². The molecule has 0 spiro atoms. The third kappa shape index (κ3) is 5.09. The maximum atomic E-state index is 12.3. The van der Waals surface area contributed by atoms with Crippen LogP contribution in [0.4, 0.5) is 0 Å². The van der Waals surface area contributed by atoms with Crippen LogP contribution in [0.2, 0.25) is 0 Å². The second-order valence-electron chi connectivity index (χ2n) is 6.10. The molecular formula is C14H29N3O2. The second kappa shape index (κ2) is 7.22. The van der Waals surface area contributed by atoms with Gasteiger partial charge in [0.15, 0.2) is 0 Å². The van der Waals surface area contributed by atoms with Gasteiger partial charge in [-0.15, -0.1) is 0 Å². The number of rotatable bonds is 6. The summed E-state index contributed by atoms with van der Waals surface area (Å²) in [7, 11) is 0. The van der Waals surface area contributed by atoms with Crippen LogP contribution in [0, 0.1) is 5.92 Å². The smallest absolute Gasteiger partial charge is 0.250 e. The number of hydrogen-bond acceptors (Lipinski definition) is 4. The molecule has 5 nitrogen and oxygen atoms in total. The molecule has 1 heterocycles. The molecule has 1 amide bonds. The van der Waals surface area contributed by atoms with E-state index in [0.29, 0.717) is 25.6 Å². The standard InChI is InChI=1S/C14H29N3O2/c1-5-17-6-7-19-12(9-17)13(18)16-14(4,10-15)8-11(2)3/h11-12H,5-10,15H2,1-4H3,(H,16,18). The van der Waals surface area contributed by atoms with Gasteiger partial charge < -0.3 is 15.8 Å². The third-order valence-corrected chi connectivity index (χ3v) is 3.62. The number of ether oxygens (including phenoxy) is 1. The lowest BCUT2D eigenvalue weighted by atomic mass is 9.90. The van der Waals surface area contributed by atoms with Crippen LogP contribution in [0.15, 0.2) is 0 Å². The highest BCUT2D eigenvalue weighted by molar-refractivity contribution is 5.81. The van der Waals surface area contributed by atoms with Gasteiger partial charge in [-0.3, -0.25) is 9.69 Å². The van der Waals surface area contributed by atoms with E-state index < -0.39 is 0 Å². The zero-order chi connectivity index (χ0) is 14.5. The van der Waals surface area contributed by atoms with Crippen molar-refractivity contribution < 1.29 is 9.53 Å². The summed E-state index contributed by atoms with van der Waals surface area (Å²) in [6.07, 6.45) is 0.506. The van der Waals surface area contributed by atoms with E-state index in [4.69, 9.17) is 10.5 Å². The summed E-state index contributed by atoms with van der Waals surface area (Å²) in [6.45, 7) is 12.0. The summed E-state index contributed by atoms with van der Waals surface area (Å²) in [6, 6.07) is 0. The number of amides is 1. The van der Waals surface area contributed by atoms with Crippen LogP contribution >= 0.6 is 0 Å². The highest BCUT2D eigenvalue weighted by Gasteiger charge is 2.32. The van der Waals surface area contributed by atoms with Crippen molar-refractivity contribution in [2.75, 3.05) is 32.8 Å². The molecule has 1 rings (SSSR count). The van der Waals surface area contributed by atoms with Crippen LogP contribution in [0.5, 0.6) is 0 Å². The largest absolute Gasteiger partial charge is 0.366 e. The van der Waals surface area contributed by atoms with Crippen molar-refractivity contribution in [3.8, 4) is 0 Å². The van der Waals surface area contributed by atoms with Crippen LogP contribution in [-0.4, -0.2) is 55.2 Å². The average Bonchev–Trinajstić information content (AvgIpc) is 2.37. The topological polar surface area (TPSA) is 67.6 Å². The number of hydrogen-bond donors (Lipinski definition) is 2. The van der Waals surface area contributed by atoms with E-state index in [2.05, 4.69) is 31.0 Å². The number of nitrogens with two attached hydrogens (primary N) is 1.